The van der Waals surface area contributed by atoms with E-state index in [0.717, 1.165) is 11.9 Å². The highest BCUT2D eigenvalue weighted by atomic mass is 19.1. The van der Waals surface area contributed by atoms with Crippen LogP contribution in [0.5, 0.6) is 0 Å². The molecule has 1 aromatic heterocycles. The van der Waals surface area contributed by atoms with Crippen molar-refractivity contribution in [3.63, 3.8) is 0 Å². The summed E-state index contributed by atoms with van der Waals surface area (Å²) >= 11 is 0. The van der Waals surface area contributed by atoms with Gasteiger partial charge in [0.15, 0.2) is 5.82 Å². The Kier molecular flexibility index (Phi) is 4.53. The number of aromatic nitrogens is 2. The molecule has 1 heterocycles. The van der Waals surface area contributed by atoms with Crippen LogP contribution >= 0.6 is 0 Å². The number of rotatable bonds is 4. The molecule has 0 bridgehead atoms. The van der Waals surface area contributed by atoms with Crippen molar-refractivity contribution < 1.29 is 14.4 Å². The zero-order valence-electron chi connectivity index (χ0n) is 12.9. The van der Waals surface area contributed by atoms with Crippen LogP contribution in [0, 0.1) is 5.82 Å². The number of nitrogens with two attached hydrogens (primary N) is 1. The number of nitrogens with zero attached hydrogens (tertiary/aromatic N) is 2. The third kappa shape index (κ3) is 3.38. The predicted molar refractivity (Wildman–Crippen MR) is 90.8 cm³/mol. The van der Waals surface area contributed by atoms with Gasteiger partial charge in [0.25, 0.3) is 5.91 Å². The molecule has 0 aliphatic rings. The number of para-hydroxylation sites is 2. The van der Waals surface area contributed by atoms with Crippen molar-refractivity contribution >= 4 is 23.2 Å². The van der Waals surface area contributed by atoms with E-state index >= 15 is 0 Å². The second-order valence-electron chi connectivity index (χ2n) is 5.09. The first-order chi connectivity index (χ1) is 12.1. The second kappa shape index (κ2) is 6.93. The van der Waals surface area contributed by atoms with Crippen LogP contribution in [0.15, 0.2) is 54.7 Å². The number of carbonyl (C=O) groups excluding carboxylic acids is 1. The number of nitrogens with one attached hydrogen (secondary N) is 2. The van der Waals surface area contributed by atoms with Gasteiger partial charge in [0.2, 0.25) is 5.95 Å². The number of hydrogen-bond acceptors (Lipinski definition) is 6. The maximum atomic E-state index is 14.2. The highest BCUT2D eigenvalue weighted by Gasteiger charge is 2.17. The van der Waals surface area contributed by atoms with Crippen molar-refractivity contribution in [1.29, 1.82) is 0 Å². The van der Waals surface area contributed by atoms with E-state index in [0.29, 0.717) is 0 Å². The first-order valence-corrected chi connectivity index (χ1v) is 7.28. The van der Waals surface area contributed by atoms with Crippen LogP contribution in [0.4, 0.5) is 21.7 Å². The van der Waals surface area contributed by atoms with Gasteiger partial charge in [0, 0.05) is 11.3 Å². The van der Waals surface area contributed by atoms with Gasteiger partial charge in [-0.15, -0.1) is 0 Å². The zero-order valence-corrected chi connectivity index (χ0v) is 12.9. The Labute approximate surface area is 142 Å². The number of amides is 1. The van der Waals surface area contributed by atoms with E-state index in [2.05, 4.69) is 15.3 Å². The van der Waals surface area contributed by atoms with Crippen molar-refractivity contribution in [1.82, 2.24) is 15.4 Å². The minimum atomic E-state index is -0.795. The molecular formula is C17H14FN5O2. The van der Waals surface area contributed by atoms with Crippen molar-refractivity contribution in [2.45, 2.75) is 0 Å². The number of hydrogen-bond donors (Lipinski definition) is 4. The maximum Gasteiger partial charge on any atom is 0.276 e. The van der Waals surface area contributed by atoms with E-state index in [1.54, 1.807) is 0 Å². The second-order valence-corrected chi connectivity index (χ2v) is 5.09. The molecule has 25 heavy (non-hydrogen) atoms. The van der Waals surface area contributed by atoms with E-state index in [1.807, 2.05) is 30.3 Å². The summed E-state index contributed by atoms with van der Waals surface area (Å²) in [6.07, 6.45) is 1.02. The highest BCUT2D eigenvalue weighted by molar-refractivity contribution is 6.01. The molecule has 5 N–H and O–H groups in total. The molecule has 0 radical (unpaired) electrons. The summed E-state index contributed by atoms with van der Waals surface area (Å²) in [6.45, 7) is 0. The molecule has 0 aliphatic heterocycles. The fourth-order valence-corrected chi connectivity index (χ4v) is 2.30. The first-order valence-electron chi connectivity index (χ1n) is 7.28. The van der Waals surface area contributed by atoms with Gasteiger partial charge in [-0.25, -0.2) is 19.8 Å². The summed E-state index contributed by atoms with van der Waals surface area (Å²) in [5.41, 5.74) is 8.35. The van der Waals surface area contributed by atoms with Gasteiger partial charge in [0.1, 0.15) is 5.69 Å². The minimum Gasteiger partial charge on any atom is -0.398 e. The van der Waals surface area contributed by atoms with Crippen LogP contribution in [0.3, 0.4) is 0 Å². The van der Waals surface area contributed by atoms with Gasteiger partial charge in [-0.1, -0.05) is 30.3 Å². The quantitative estimate of drug-likeness (QED) is 0.330. The Balaban J connectivity index is 2.03. The Morgan fingerprint density at radius 2 is 1.88 bits per heavy atom. The largest absolute Gasteiger partial charge is 0.398 e. The number of nitrogen functional groups attached to an aromatic ring is 1. The SMILES string of the molecule is Nc1c(C(=O)NO)cccc1-c1nc(Nc2ccccc2)ncc1F. The summed E-state index contributed by atoms with van der Waals surface area (Å²) in [4.78, 5) is 19.7. The summed E-state index contributed by atoms with van der Waals surface area (Å²) in [5, 5.41) is 11.7. The summed E-state index contributed by atoms with van der Waals surface area (Å²) in [5.74, 6) is -1.30. The normalized spacial score (nSPS) is 10.3. The molecule has 8 heteroatoms. The Morgan fingerprint density at radius 3 is 2.60 bits per heavy atom. The molecule has 0 unspecified atom stereocenters. The van der Waals surface area contributed by atoms with E-state index in [9.17, 15) is 9.18 Å². The van der Waals surface area contributed by atoms with Crippen LogP contribution in [0.2, 0.25) is 0 Å². The van der Waals surface area contributed by atoms with Gasteiger partial charge < -0.3 is 11.1 Å². The average Bonchev–Trinajstić information content (AvgIpc) is 2.64. The van der Waals surface area contributed by atoms with Crippen molar-refractivity contribution in [3.05, 3.63) is 66.1 Å². The van der Waals surface area contributed by atoms with Gasteiger partial charge >= 0.3 is 0 Å². The predicted octanol–water partition coefficient (Wildman–Crippen LogP) is 2.73. The van der Waals surface area contributed by atoms with E-state index in [4.69, 9.17) is 10.9 Å². The number of anilines is 3. The van der Waals surface area contributed by atoms with Crippen molar-refractivity contribution in [2.24, 2.45) is 0 Å². The summed E-state index contributed by atoms with van der Waals surface area (Å²) in [6, 6.07) is 13.6. The molecule has 0 atom stereocenters. The lowest BCUT2D eigenvalue weighted by Gasteiger charge is -2.11. The van der Waals surface area contributed by atoms with Crippen LogP contribution in [0.25, 0.3) is 11.3 Å². The maximum absolute atomic E-state index is 14.2. The molecule has 2 aromatic carbocycles. The van der Waals surface area contributed by atoms with Gasteiger partial charge in [-0.3, -0.25) is 10.0 Å². The lowest BCUT2D eigenvalue weighted by atomic mass is 10.0. The molecular weight excluding hydrogens is 325 g/mol. The minimum absolute atomic E-state index is 0.00249. The van der Waals surface area contributed by atoms with Crippen LogP contribution < -0.4 is 16.5 Å². The topological polar surface area (TPSA) is 113 Å². The molecule has 7 nitrogen and oxygen atoms in total. The molecule has 0 saturated carbocycles. The zero-order chi connectivity index (χ0) is 17.8. The summed E-state index contributed by atoms with van der Waals surface area (Å²) < 4.78 is 14.2. The Hall–Kier alpha value is -3.52. The van der Waals surface area contributed by atoms with E-state index in [-0.39, 0.29) is 28.5 Å². The molecule has 0 fully saturated rings. The molecule has 126 valence electrons. The number of benzene rings is 2. The monoisotopic (exact) mass is 339 g/mol. The fraction of sp³-hybridized carbons (Fsp3) is 0. The standard InChI is InChI=1S/C17H14FN5O2/c18-13-9-20-17(21-10-5-2-1-3-6-10)22-15(13)11-7-4-8-12(14(11)19)16(24)23-25/h1-9,25H,19H2,(H,23,24)(H,20,21,22). The Bertz CT molecular complexity index is 918. The first kappa shape index (κ1) is 16.3. The van der Waals surface area contributed by atoms with Gasteiger partial charge in [0.05, 0.1) is 17.4 Å². The molecule has 3 rings (SSSR count). The van der Waals surface area contributed by atoms with E-state index in [1.165, 1.54) is 23.7 Å². The molecule has 1 amide bonds. The molecule has 0 aliphatic carbocycles. The van der Waals surface area contributed by atoms with Crippen LogP contribution in [0.1, 0.15) is 10.4 Å². The lowest BCUT2D eigenvalue weighted by molar-refractivity contribution is 0.0707. The fourth-order valence-electron chi connectivity index (χ4n) is 2.30. The van der Waals surface area contributed by atoms with Crippen LogP contribution in [-0.2, 0) is 0 Å². The van der Waals surface area contributed by atoms with E-state index < -0.39 is 11.7 Å². The van der Waals surface area contributed by atoms with Crippen molar-refractivity contribution in [3.8, 4) is 11.3 Å². The third-order valence-corrected chi connectivity index (χ3v) is 3.48. The average molecular weight is 339 g/mol. The van der Waals surface area contributed by atoms with Crippen molar-refractivity contribution in [2.75, 3.05) is 11.1 Å². The highest BCUT2D eigenvalue weighted by Crippen LogP contribution is 2.30. The lowest BCUT2D eigenvalue weighted by Crippen LogP contribution is -2.20. The number of hydroxylamine groups is 1. The summed E-state index contributed by atoms with van der Waals surface area (Å²) in [7, 11) is 0. The van der Waals surface area contributed by atoms with Gasteiger partial charge in [-0.2, -0.15) is 0 Å². The Morgan fingerprint density at radius 1 is 1.12 bits per heavy atom. The molecule has 0 saturated heterocycles. The van der Waals surface area contributed by atoms with Crippen LogP contribution in [-0.4, -0.2) is 21.1 Å². The van der Waals surface area contributed by atoms with Gasteiger partial charge in [-0.05, 0) is 18.2 Å². The molecule has 3 aromatic rings. The number of halogens is 1. The smallest absolute Gasteiger partial charge is 0.276 e. The third-order valence-electron chi connectivity index (χ3n) is 3.48. The number of carbonyl (C=O) groups is 1. The molecule has 0 spiro atoms.